The molecule has 0 saturated heterocycles. The Morgan fingerprint density at radius 3 is 2.55 bits per heavy atom. The molecule has 7 nitrogen and oxygen atoms in total. The van der Waals surface area contributed by atoms with Crippen LogP contribution in [0, 0.1) is 22.7 Å². The second kappa shape index (κ2) is 6.48. The molecule has 2 aromatic rings. The summed E-state index contributed by atoms with van der Waals surface area (Å²) in [4.78, 5) is 10.5. The van der Waals surface area contributed by atoms with Crippen LogP contribution in [0.5, 0.6) is 0 Å². The van der Waals surface area contributed by atoms with Gasteiger partial charge in [0.25, 0.3) is 5.78 Å². The van der Waals surface area contributed by atoms with Crippen LogP contribution in [0.3, 0.4) is 0 Å². The number of hydrogen-bond donors (Lipinski definition) is 0. The van der Waals surface area contributed by atoms with E-state index in [1.54, 1.807) is 4.52 Å². The van der Waals surface area contributed by atoms with E-state index in [0.717, 1.165) is 17.9 Å². The molecule has 20 heavy (non-hydrogen) atoms. The van der Waals surface area contributed by atoms with E-state index in [0.29, 0.717) is 31.7 Å². The first-order chi connectivity index (χ1) is 9.80. The Morgan fingerprint density at radius 1 is 1.25 bits per heavy atom. The van der Waals surface area contributed by atoms with Crippen LogP contribution in [-0.2, 0) is 6.42 Å². The summed E-state index contributed by atoms with van der Waals surface area (Å²) in [5.41, 5.74) is 0.916. The molecule has 0 unspecified atom stereocenters. The maximum atomic E-state index is 8.77. The van der Waals surface area contributed by atoms with E-state index in [1.165, 1.54) is 6.33 Å². The van der Waals surface area contributed by atoms with Gasteiger partial charge in [0.15, 0.2) is 0 Å². The predicted molar refractivity (Wildman–Crippen MR) is 72.8 cm³/mol. The van der Waals surface area contributed by atoms with Crippen molar-refractivity contribution in [1.82, 2.24) is 19.6 Å². The van der Waals surface area contributed by atoms with E-state index < -0.39 is 0 Å². The van der Waals surface area contributed by atoms with Crippen molar-refractivity contribution in [3.05, 3.63) is 18.1 Å². The molecular weight excluding hydrogens is 254 g/mol. The molecule has 0 saturated carbocycles. The average molecular weight is 269 g/mol. The van der Waals surface area contributed by atoms with Gasteiger partial charge in [-0.15, -0.1) is 0 Å². The third-order valence-corrected chi connectivity index (χ3v) is 2.96. The largest absolute Gasteiger partial charge is 0.354 e. The van der Waals surface area contributed by atoms with Crippen molar-refractivity contribution < 1.29 is 0 Å². The molecule has 0 aliphatic heterocycles. The summed E-state index contributed by atoms with van der Waals surface area (Å²) in [6.45, 7) is 3.13. The zero-order chi connectivity index (χ0) is 14.4. The van der Waals surface area contributed by atoms with Gasteiger partial charge >= 0.3 is 0 Å². The Bertz CT molecular complexity index is 643. The molecule has 0 amide bonds. The smallest absolute Gasteiger partial charge is 0.254 e. The van der Waals surface area contributed by atoms with Crippen molar-refractivity contribution in [3.8, 4) is 12.1 Å². The molecule has 0 spiro atoms. The van der Waals surface area contributed by atoms with E-state index in [2.05, 4.69) is 27.2 Å². The first kappa shape index (κ1) is 13.8. The fourth-order valence-electron chi connectivity index (χ4n) is 1.96. The van der Waals surface area contributed by atoms with Gasteiger partial charge in [-0.2, -0.15) is 25.1 Å². The van der Waals surface area contributed by atoms with Crippen molar-refractivity contribution in [2.75, 3.05) is 18.0 Å². The number of aryl methyl sites for hydroxylation is 1. The Hall–Kier alpha value is -2.67. The lowest BCUT2D eigenvalue weighted by Gasteiger charge is -2.23. The van der Waals surface area contributed by atoms with Crippen molar-refractivity contribution in [2.45, 2.75) is 26.2 Å². The van der Waals surface area contributed by atoms with Crippen LogP contribution in [-0.4, -0.2) is 32.7 Å². The average Bonchev–Trinajstić information content (AvgIpc) is 2.95. The van der Waals surface area contributed by atoms with Crippen LogP contribution in [0.2, 0.25) is 0 Å². The highest BCUT2D eigenvalue weighted by molar-refractivity contribution is 5.47. The van der Waals surface area contributed by atoms with Crippen molar-refractivity contribution in [2.24, 2.45) is 0 Å². The third-order valence-electron chi connectivity index (χ3n) is 2.96. The maximum Gasteiger partial charge on any atom is 0.254 e. The number of aromatic nitrogens is 4. The van der Waals surface area contributed by atoms with Crippen molar-refractivity contribution in [1.29, 1.82) is 10.5 Å². The zero-order valence-electron chi connectivity index (χ0n) is 11.3. The third kappa shape index (κ3) is 2.83. The first-order valence-electron chi connectivity index (χ1n) is 6.48. The van der Waals surface area contributed by atoms with Gasteiger partial charge in [0.2, 0.25) is 0 Å². The van der Waals surface area contributed by atoms with E-state index in [-0.39, 0.29) is 0 Å². The molecule has 2 aromatic heterocycles. The van der Waals surface area contributed by atoms with Gasteiger partial charge in [-0.3, -0.25) is 0 Å². The molecule has 0 aliphatic carbocycles. The summed E-state index contributed by atoms with van der Waals surface area (Å²) in [6.07, 6.45) is 3.04. The summed E-state index contributed by atoms with van der Waals surface area (Å²) >= 11 is 0. The molecule has 0 fully saturated rings. The molecule has 102 valence electrons. The lowest BCUT2D eigenvalue weighted by atomic mass is 10.3. The highest BCUT2D eigenvalue weighted by Crippen LogP contribution is 2.17. The number of fused-ring (bicyclic) bond motifs is 1. The van der Waals surface area contributed by atoms with Gasteiger partial charge in [0.1, 0.15) is 12.1 Å². The minimum absolute atomic E-state index is 0.394. The Kier molecular flexibility index (Phi) is 4.46. The number of anilines is 1. The van der Waals surface area contributed by atoms with Gasteiger partial charge in [0.05, 0.1) is 25.0 Å². The summed E-state index contributed by atoms with van der Waals surface area (Å²) in [6, 6.07) is 6.20. The quantitative estimate of drug-likeness (QED) is 0.785. The number of nitriles is 2. The Balaban J connectivity index is 2.42. The van der Waals surface area contributed by atoms with Gasteiger partial charge in [-0.05, 0) is 6.42 Å². The SMILES string of the molecule is CCc1cc(N(CCC#N)CCC#N)n2ncnc2n1. The number of rotatable bonds is 6. The lowest BCUT2D eigenvalue weighted by Crippen LogP contribution is -2.28. The normalized spacial score (nSPS) is 10.2. The van der Waals surface area contributed by atoms with Crippen LogP contribution in [0.25, 0.3) is 5.78 Å². The van der Waals surface area contributed by atoms with Gasteiger partial charge in [0, 0.05) is 24.8 Å². The second-order valence-electron chi connectivity index (χ2n) is 4.23. The highest BCUT2D eigenvalue weighted by atomic mass is 15.4. The lowest BCUT2D eigenvalue weighted by molar-refractivity contribution is 0.750. The van der Waals surface area contributed by atoms with Gasteiger partial charge in [-0.1, -0.05) is 6.92 Å². The molecule has 7 heteroatoms. The molecule has 0 radical (unpaired) electrons. The molecule has 0 aromatic carbocycles. The van der Waals surface area contributed by atoms with Crippen molar-refractivity contribution in [3.63, 3.8) is 0 Å². The zero-order valence-corrected chi connectivity index (χ0v) is 11.3. The Morgan fingerprint density at radius 2 is 1.95 bits per heavy atom. The molecule has 0 aliphatic rings. The van der Waals surface area contributed by atoms with E-state index in [1.807, 2.05) is 17.9 Å². The van der Waals surface area contributed by atoms with E-state index >= 15 is 0 Å². The van der Waals surface area contributed by atoms with Crippen LogP contribution in [0.4, 0.5) is 5.82 Å². The topological polar surface area (TPSA) is 93.9 Å². The minimum atomic E-state index is 0.394. The molecule has 0 atom stereocenters. The summed E-state index contributed by atoms with van der Waals surface area (Å²) in [7, 11) is 0. The number of nitrogens with zero attached hydrogens (tertiary/aromatic N) is 7. The van der Waals surface area contributed by atoms with Gasteiger partial charge in [-0.25, -0.2) is 4.98 Å². The summed E-state index contributed by atoms with van der Waals surface area (Å²) < 4.78 is 1.65. The summed E-state index contributed by atoms with van der Waals surface area (Å²) in [5, 5.41) is 21.7. The molecular formula is C13H15N7. The second-order valence-corrected chi connectivity index (χ2v) is 4.23. The minimum Gasteiger partial charge on any atom is -0.354 e. The van der Waals surface area contributed by atoms with Crippen LogP contribution in [0.15, 0.2) is 12.4 Å². The molecule has 2 heterocycles. The van der Waals surface area contributed by atoms with Crippen LogP contribution < -0.4 is 4.90 Å². The molecule has 0 N–H and O–H groups in total. The van der Waals surface area contributed by atoms with Crippen LogP contribution >= 0.6 is 0 Å². The summed E-state index contributed by atoms with van der Waals surface area (Å²) in [5.74, 6) is 1.37. The first-order valence-corrected chi connectivity index (χ1v) is 6.48. The van der Waals surface area contributed by atoms with E-state index in [4.69, 9.17) is 10.5 Å². The van der Waals surface area contributed by atoms with Crippen LogP contribution in [0.1, 0.15) is 25.5 Å². The standard InChI is InChI=1S/C13H15N7/c1-2-11-9-12(20-13(18-11)16-10-17-20)19(7-3-5-14)8-4-6-15/h9-10H,2-4,7-8H2,1H3. The molecule has 0 bridgehead atoms. The maximum absolute atomic E-state index is 8.77. The fraction of sp³-hybridized carbons (Fsp3) is 0.462. The number of hydrogen-bond acceptors (Lipinski definition) is 6. The van der Waals surface area contributed by atoms with Gasteiger partial charge < -0.3 is 4.90 Å². The highest BCUT2D eigenvalue weighted by Gasteiger charge is 2.13. The van der Waals surface area contributed by atoms with E-state index in [9.17, 15) is 0 Å². The van der Waals surface area contributed by atoms with Crippen molar-refractivity contribution >= 4 is 11.6 Å². The monoisotopic (exact) mass is 269 g/mol. The predicted octanol–water partition coefficient (Wildman–Crippen LogP) is 1.32. The molecule has 2 rings (SSSR count). The fourth-order valence-corrected chi connectivity index (χ4v) is 1.96. The Labute approximate surface area is 117 Å².